The minimum absolute atomic E-state index is 0.102. The van der Waals surface area contributed by atoms with E-state index < -0.39 is 0 Å². The standard InChI is InChI=1S/C16H19BrN2O/c1-12(20)15-10-19(9-8-17)11-16(15)13-4-6-14(7-5-13)18(2)3/h4-7,10-11H,8-9H2,1-3H3. The van der Waals surface area contributed by atoms with Crippen LogP contribution in [0.4, 0.5) is 5.69 Å². The summed E-state index contributed by atoms with van der Waals surface area (Å²) < 4.78 is 2.06. The fraction of sp³-hybridized carbons (Fsp3) is 0.312. The molecule has 1 heterocycles. The lowest BCUT2D eigenvalue weighted by molar-refractivity contribution is 0.101. The number of aryl methyl sites for hydroxylation is 1. The SMILES string of the molecule is CC(=O)c1cn(CCBr)cc1-c1ccc(N(C)C)cc1. The van der Waals surface area contributed by atoms with Crippen molar-refractivity contribution in [2.24, 2.45) is 0 Å². The predicted molar refractivity (Wildman–Crippen MR) is 88.0 cm³/mol. The number of hydrogen-bond acceptors (Lipinski definition) is 2. The third-order valence-electron chi connectivity index (χ3n) is 3.30. The number of Topliss-reactive ketones (excluding diaryl/α,β-unsaturated/α-hetero) is 1. The van der Waals surface area contributed by atoms with Crippen molar-refractivity contribution in [1.29, 1.82) is 0 Å². The Hall–Kier alpha value is -1.55. The monoisotopic (exact) mass is 334 g/mol. The predicted octanol–water partition coefficient (Wildman–Crippen LogP) is 3.82. The van der Waals surface area contributed by atoms with Gasteiger partial charge in [0.2, 0.25) is 0 Å². The van der Waals surface area contributed by atoms with E-state index in [4.69, 9.17) is 0 Å². The van der Waals surface area contributed by atoms with Crippen molar-refractivity contribution in [2.45, 2.75) is 13.5 Å². The number of aromatic nitrogens is 1. The molecule has 0 amide bonds. The van der Waals surface area contributed by atoms with E-state index in [1.165, 1.54) is 0 Å². The number of carbonyl (C=O) groups excluding carboxylic acids is 1. The first kappa shape index (κ1) is 14.9. The van der Waals surface area contributed by atoms with Crippen LogP contribution in [0.15, 0.2) is 36.7 Å². The van der Waals surface area contributed by atoms with Crippen LogP contribution in [-0.4, -0.2) is 29.8 Å². The van der Waals surface area contributed by atoms with Crippen LogP contribution in [0.25, 0.3) is 11.1 Å². The Labute approximate surface area is 128 Å². The second kappa shape index (κ2) is 6.27. The lowest BCUT2D eigenvalue weighted by Gasteiger charge is -2.12. The number of anilines is 1. The molecule has 1 aromatic heterocycles. The Morgan fingerprint density at radius 2 is 1.85 bits per heavy atom. The molecular weight excluding hydrogens is 316 g/mol. The molecule has 106 valence electrons. The molecule has 4 heteroatoms. The van der Waals surface area contributed by atoms with Gasteiger partial charge in [-0.25, -0.2) is 0 Å². The van der Waals surface area contributed by atoms with Gasteiger partial charge in [0.1, 0.15) is 0 Å². The Kier molecular flexibility index (Phi) is 4.65. The normalized spacial score (nSPS) is 10.6. The van der Waals surface area contributed by atoms with Gasteiger partial charge in [0.25, 0.3) is 0 Å². The molecule has 0 atom stereocenters. The lowest BCUT2D eigenvalue weighted by atomic mass is 10.0. The minimum atomic E-state index is 0.102. The molecule has 1 aromatic carbocycles. The van der Waals surface area contributed by atoms with Crippen molar-refractivity contribution in [1.82, 2.24) is 4.57 Å². The molecule has 0 saturated heterocycles. The van der Waals surface area contributed by atoms with Gasteiger partial charge in [-0.2, -0.15) is 0 Å². The number of nitrogens with zero attached hydrogens (tertiary/aromatic N) is 2. The van der Waals surface area contributed by atoms with Gasteiger partial charge in [0.05, 0.1) is 0 Å². The second-order valence-corrected chi connectivity index (χ2v) is 5.80. The second-order valence-electron chi connectivity index (χ2n) is 5.01. The van der Waals surface area contributed by atoms with Crippen LogP contribution in [0.5, 0.6) is 0 Å². The molecule has 2 aromatic rings. The minimum Gasteiger partial charge on any atom is -0.378 e. The van der Waals surface area contributed by atoms with Crippen molar-refractivity contribution < 1.29 is 4.79 Å². The molecule has 0 aliphatic rings. The zero-order chi connectivity index (χ0) is 14.7. The van der Waals surface area contributed by atoms with Gasteiger partial charge in [-0.1, -0.05) is 28.1 Å². The molecule has 0 saturated carbocycles. The average Bonchev–Trinajstić information content (AvgIpc) is 2.83. The Balaban J connectivity index is 2.42. The molecule has 0 aliphatic heterocycles. The third-order valence-corrected chi connectivity index (χ3v) is 3.65. The summed E-state index contributed by atoms with van der Waals surface area (Å²) in [7, 11) is 4.03. The molecule has 0 spiro atoms. The highest BCUT2D eigenvalue weighted by atomic mass is 79.9. The van der Waals surface area contributed by atoms with Crippen LogP contribution < -0.4 is 4.90 Å². The number of ketones is 1. The highest BCUT2D eigenvalue weighted by Gasteiger charge is 2.12. The first-order valence-corrected chi connectivity index (χ1v) is 7.69. The molecule has 0 radical (unpaired) electrons. The van der Waals surface area contributed by atoms with E-state index >= 15 is 0 Å². The van der Waals surface area contributed by atoms with Crippen LogP contribution in [-0.2, 0) is 6.54 Å². The van der Waals surface area contributed by atoms with Crippen LogP contribution in [0.3, 0.4) is 0 Å². The van der Waals surface area contributed by atoms with E-state index in [1.54, 1.807) is 6.92 Å². The first-order valence-electron chi connectivity index (χ1n) is 6.57. The maximum atomic E-state index is 11.8. The largest absolute Gasteiger partial charge is 0.378 e. The van der Waals surface area contributed by atoms with Gasteiger partial charge in [-0.3, -0.25) is 4.79 Å². The molecule has 0 fully saturated rings. The van der Waals surface area contributed by atoms with Gasteiger partial charge >= 0.3 is 0 Å². The fourth-order valence-electron chi connectivity index (χ4n) is 2.18. The van der Waals surface area contributed by atoms with Gasteiger partial charge in [-0.05, 0) is 24.6 Å². The Morgan fingerprint density at radius 1 is 1.20 bits per heavy atom. The van der Waals surface area contributed by atoms with E-state index in [2.05, 4.69) is 49.7 Å². The van der Waals surface area contributed by atoms with Crippen LogP contribution in [0.2, 0.25) is 0 Å². The van der Waals surface area contributed by atoms with Crippen molar-refractivity contribution in [3.8, 4) is 11.1 Å². The molecule has 0 N–H and O–H groups in total. The maximum Gasteiger partial charge on any atom is 0.161 e. The number of hydrogen-bond donors (Lipinski definition) is 0. The van der Waals surface area contributed by atoms with E-state index in [1.807, 2.05) is 26.5 Å². The van der Waals surface area contributed by atoms with Crippen molar-refractivity contribution in [3.05, 3.63) is 42.2 Å². The molecule has 0 bridgehead atoms. The van der Waals surface area contributed by atoms with Crippen molar-refractivity contribution in [2.75, 3.05) is 24.3 Å². The summed E-state index contributed by atoms with van der Waals surface area (Å²) in [6.45, 7) is 2.47. The van der Waals surface area contributed by atoms with Crippen molar-refractivity contribution in [3.63, 3.8) is 0 Å². The molecule has 0 unspecified atom stereocenters. The quantitative estimate of drug-likeness (QED) is 0.613. The Bertz CT molecular complexity index is 599. The maximum absolute atomic E-state index is 11.8. The van der Waals surface area contributed by atoms with Gasteiger partial charge in [-0.15, -0.1) is 0 Å². The number of benzene rings is 1. The zero-order valence-electron chi connectivity index (χ0n) is 12.1. The van der Waals surface area contributed by atoms with Crippen LogP contribution in [0.1, 0.15) is 17.3 Å². The molecule has 3 nitrogen and oxygen atoms in total. The fourth-order valence-corrected chi connectivity index (χ4v) is 2.59. The van der Waals surface area contributed by atoms with E-state index in [0.717, 1.165) is 34.3 Å². The molecular formula is C16H19BrN2O. The van der Waals surface area contributed by atoms with E-state index in [0.29, 0.717) is 0 Å². The summed E-state index contributed by atoms with van der Waals surface area (Å²) in [6.07, 6.45) is 3.97. The highest BCUT2D eigenvalue weighted by molar-refractivity contribution is 9.09. The van der Waals surface area contributed by atoms with Crippen molar-refractivity contribution >= 4 is 27.4 Å². The molecule has 20 heavy (non-hydrogen) atoms. The van der Waals surface area contributed by atoms with Crippen LogP contribution in [0, 0.1) is 0 Å². The number of rotatable bonds is 5. The zero-order valence-corrected chi connectivity index (χ0v) is 13.6. The Morgan fingerprint density at radius 3 is 2.35 bits per heavy atom. The highest BCUT2D eigenvalue weighted by Crippen LogP contribution is 2.27. The summed E-state index contributed by atoms with van der Waals surface area (Å²) in [4.78, 5) is 13.9. The van der Waals surface area contributed by atoms with E-state index in [9.17, 15) is 4.79 Å². The van der Waals surface area contributed by atoms with Crippen LogP contribution >= 0.6 is 15.9 Å². The van der Waals surface area contributed by atoms with E-state index in [-0.39, 0.29) is 5.78 Å². The van der Waals surface area contributed by atoms with Gasteiger partial charge in [0, 0.05) is 55.2 Å². The number of carbonyl (C=O) groups is 1. The average molecular weight is 335 g/mol. The van der Waals surface area contributed by atoms with Gasteiger partial charge < -0.3 is 9.47 Å². The van der Waals surface area contributed by atoms with Gasteiger partial charge in [0.15, 0.2) is 5.78 Å². The summed E-state index contributed by atoms with van der Waals surface area (Å²) in [5, 5.41) is 0.873. The molecule has 2 rings (SSSR count). The summed E-state index contributed by atoms with van der Waals surface area (Å²) in [5.74, 6) is 0.102. The number of alkyl halides is 1. The summed E-state index contributed by atoms with van der Waals surface area (Å²) >= 11 is 3.43. The lowest BCUT2D eigenvalue weighted by Crippen LogP contribution is -2.07. The summed E-state index contributed by atoms with van der Waals surface area (Å²) in [6, 6.07) is 8.27. The summed E-state index contributed by atoms with van der Waals surface area (Å²) in [5.41, 5.74) is 4.01. The molecule has 0 aliphatic carbocycles. The smallest absolute Gasteiger partial charge is 0.161 e. The number of halogens is 1. The topological polar surface area (TPSA) is 25.2 Å². The first-order chi connectivity index (χ1) is 9.52. The third kappa shape index (κ3) is 3.12.